The number of aromatic nitrogens is 1. The van der Waals surface area contributed by atoms with Gasteiger partial charge < -0.3 is 11.1 Å². The molecule has 0 bridgehead atoms. The van der Waals surface area contributed by atoms with Crippen molar-refractivity contribution in [1.29, 1.82) is 0 Å². The number of carbonyl (C=O) groups is 1. The Balaban J connectivity index is 1.95. The lowest BCUT2D eigenvalue weighted by molar-refractivity contribution is 0.0954. The zero-order valence-electron chi connectivity index (χ0n) is 11.5. The summed E-state index contributed by atoms with van der Waals surface area (Å²) in [5.41, 5.74) is 8.31. The van der Waals surface area contributed by atoms with Crippen LogP contribution in [0.15, 0.2) is 30.5 Å². The van der Waals surface area contributed by atoms with E-state index < -0.39 is 0 Å². The lowest BCUT2D eigenvalue weighted by Crippen LogP contribution is -2.26. The van der Waals surface area contributed by atoms with E-state index in [0.29, 0.717) is 34.3 Å². The highest BCUT2D eigenvalue weighted by Gasteiger charge is 2.10. The van der Waals surface area contributed by atoms with Crippen LogP contribution >= 0.6 is 23.2 Å². The summed E-state index contributed by atoms with van der Waals surface area (Å²) in [6, 6.07) is 6.97. The second kappa shape index (κ2) is 6.78. The van der Waals surface area contributed by atoms with Crippen LogP contribution in [0.5, 0.6) is 0 Å². The SMILES string of the molecule is Cc1cc(N)c(C(=O)NCCc2ccc(Cl)cc2Cl)cn1. The summed E-state index contributed by atoms with van der Waals surface area (Å²) in [4.78, 5) is 16.1. The van der Waals surface area contributed by atoms with Crippen molar-refractivity contribution >= 4 is 34.8 Å². The van der Waals surface area contributed by atoms with Crippen molar-refractivity contribution in [3.8, 4) is 0 Å². The first kappa shape index (κ1) is 15.6. The quantitative estimate of drug-likeness (QED) is 0.907. The van der Waals surface area contributed by atoms with Gasteiger partial charge in [0.05, 0.1) is 5.56 Å². The number of hydrogen-bond acceptors (Lipinski definition) is 3. The van der Waals surface area contributed by atoms with Gasteiger partial charge in [0.25, 0.3) is 5.91 Å². The van der Waals surface area contributed by atoms with E-state index in [1.54, 1.807) is 18.2 Å². The second-order valence-electron chi connectivity index (χ2n) is 4.65. The lowest BCUT2D eigenvalue weighted by atomic mass is 10.1. The number of amides is 1. The molecule has 2 rings (SSSR count). The lowest BCUT2D eigenvalue weighted by Gasteiger charge is -2.09. The predicted molar refractivity (Wildman–Crippen MR) is 85.9 cm³/mol. The number of halogens is 2. The van der Waals surface area contributed by atoms with Crippen molar-refractivity contribution < 1.29 is 4.79 Å². The van der Waals surface area contributed by atoms with Gasteiger partial charge in [0, 0.05) is 34.2 Å². The molecule has 0 radical (unpaired) electrons. The molecular formula is C15H15Cl2N3O. The van der Waals surface area contributed by atoms with Crippen molar-refractivity contribution in [1.82, 2.24) is 10.3 Å². The maximum atomic E-state index is 12.0. The third kappa shape index (κ3) is 4.09. The molecule has 1 amide bonds. The Hall–Kier alpha value is -1.78. The molecular weight excluding hydrogens is 309 g/mol. The fourth-order valence-corrected chi connectivity index (χ4v) is 2.40. The van der Waals surface area contributed by atoms with E-state index in [1.807, 2.05) is 13.0 Å². The van der Waals surface area contributed by atoms with Crippen molar-refractivity contribution in [3.05, 3.63) is 57.3 Å². The molecule has 1 aromatic heterocycles. The highest BCUT2D eigenvalue weighted by Crippen LogP contribution is 2.21. The van der Waals surface area contributed by atoms with Crippen molar-refractivity contribution in [2.75, 3.05) is 12.3 Å². The minimum absolute atomic E-state index is 0.245. The van der Waals surface area contributed by atoms with Crippen LogP contribution in [0.3, 0.4) is 0 Å². The van der Waals surface area contributed by atoms with E-state index in [0.717, 1.165) is 11.3 Å². The Morgan fingerprint density at radius 3 is 2.76 bits per heavy atom. The fraction of sp³-hybridized carbons (Fsp3) is 0.200. The second-order valence-corrected chi connectivity index (χ2v) is 5.50. The average Bonchev–Trinajstić information content (AvgIpc) is 2.41. The van der Waals surface area contributed by atoms with E-state index in [1.165, 1.54) is 6.20 Å². The summed E-state index contributed by atoms with van der Waals surface area (Å²) in [7, 11) is 0. The van der Waals surface area contributed by atoms with E-state index in [-0.39, 0.29) is 5.91 Å². The summed E-state index contributed by atoms with van der Waals surface area (Å²) >= 11 is 11.9. The van der Waals surface area contributed by atoms with Gasteiger partial charge in [-0.3, -0.25) is 9.78 Å². The number of rotatable bonds is 4. The van der Waals surface area contributed by atoms with Gasteiger partial charge >= 0.3 is 0 Å². The average molecular weight is 324 g/mol. The maximum absolute atomic E-state index is 12.0. The van der Waals surface area contributed by atoms with Gasteiger partial charge in [-0.15, -0.1) is 0 Å². The van der Waals surface area contributed by atoms with Crippen LogP contribution < -0.4 is 11.1 Å². The number of anilines is 1. The molecule has 0 fully saturated rings. The summed E-state index contributed by atoms with van der Waals surface area (Å²) in [5, 5.41) is 3.98. The van der Waals surface area contributed by atoms with Gasteiger partial charge in [0.1, 0.15) is 0 Å². The molecule has 0 unspecified atom stereocenters. The Labute approximate surface area is 133 Å². The Kier molecular flexibility index (Phi) is 5.04. The number of benzene rings is 1. The molecule has 0 aliphatic heterocycles. The molecule has 0 aliphatic rings. The van der Waals surface area contributed by atoms with Crippen molar-refractivity contribution in [3.63, 3.8) is 0 Å². The summed E-state index contributed by atoms with van der Waals surface area (Å²) in [6.45, 7) is 2.27. The zero-order chi connectivity index (χ0) is 15.4. The minimum Gasteiger partial charge on any atom is -0.398 e. The first-order valence-electron chi connectivity index (χ1n) is 6.41. The molecule has 0 atom stereocenters. The standard InChI is InChI=1S/C15H15Cl2N3O/c1-9-6-14(18)12(8-20-9)15(21)19-5-4-10-2-3-11(16)7-13(10)17/h2-3,6-8H,4-5H2,1H3,(H2,18,20)(H,19,21). The molecule has 1 heterocycles. The summed E-state index contributed by atoms with van der Waals surface area (Å²) < 4.78 is 0. The Bertz CT molecular complexity index is 674. The smallest absolute Gasteiger partial charge is 0.254 e. The molecule has 3 N–H and O–H groups in total. The van der Waals surface area contributed by atoms with E-state index >= 15 is 0 Å². The van der Waals surface area contributed by atoms with Gasteiger partial charge in [-0.05, 0) is 37.1 Å². The normalized spacial score (nSPS) is 10.4. The molecule has 4 nitrogen and oxygen atoms in total. The topological polar surface area (TPSA) is 68.0 Å². The van der Waals surface area contributed by atoms with E-state index in [4.69, 9.17) is 28.9 Å². The molecule has 0 aliphatic carbocycles. The largest absolute Gasteiger partial charge is 0.398 e. The highest BCUT2D eigenvalue weighted by molar-refractivity contribution is 6.35. The van der Waals surface area contributed by atoms with Crippen LogP contribution in [0.4, 0.5) is 5.69 Å². The van der Waals surface area contributed by atoms with Gasteiger partial charge in [-0.2, -0.15) is 0 Å². The number of carbonyl (C=O) groups excluding carboxylic acids is 1. The van der Waals surface area contributed by atoms with E-state index in [2.05, 4.69) is 10.3 Å². The molecule has 0 spiro atoms. The zero-order valence-corrected chi connectivity index (χ0v) is 13.0. The van der Waals surface area contributed by atoms with Gasteiger partial charge in [0.15, 0.2) is 0 Å². The number of nitrogens with one attached hydrogen (secondary N) is 1. The molecule has 6 heteroatoms. The predicted octanol–water partition coefficient (Wildman–Crippen LogP) is 3.25. The van der Waals surface area contributed by atoms with Gasteiger partial charge in [-0.1, -0.05) is 29.3 Å². The van der Waals surface area contributed by atoms with E-state index in [9.17, 15) is 4.79 Å². The summed E-state index contributed by atoms with van der Waals surface area (Å²) in [5.74, 6) is -0.245. The number of nitrogens with zero attached hydrogens (tertiary/aromatic N) is 1. The van der Waals surface area contributed by atoms with Crippen molar-refractivity contribution in [2.24, 2.45) is 0 Å². The van der Waals surface area contributed by atoms with Crippen LogP contribution in [0.1, 0.15) is 21.6 Å². The first-order chi connectivity index (χ1) is 9.97. The van der Waals surface area contributed by atoms with Crippen LogP contribution in [0.2, 0.25) is 10.0 Å². The monoisotopic (exact) mass is 323 g/mol. The van der Waals surface area contributed by atoms with Crippen LogP contribution in [0.25, 0.3) is 0 Å². The maximum Gasteiger partial charge on any atom is 0.254 e. The third-order valence-corrected chi connectivity index (χ3v) is 3.60. The summed E-state index contributed by atoms with van der Waals surface area (Å²) in [6.07, 6.45) is 2.09. The fourth-order valence-electron chi connectivity index (χ4n) is 1.90. The molecule has 0 saturated carbocycles. The third-order valence-electron chi connectivity index (χ3n) is 3.01. The Morgan fingerprint density at radius 1 is 1.33 bits per heavy atom. The number of hydrogen-bond donors (Lipinski definition) is 2. The molecule has 2 aromatic rings. The number of pyridine rings is 1. The number of aryl methyl sites for hydroxylation is 1. The van der Waals surface area contributed by atoms with Crippen LogP contribution in [-0.2, 0) is 6.42 Å². The van der Waals surface area contributed by atoms with Crippen LogP contribution in [-0.4, -0.2) is 17.4 Å². The molecule has 21 heavy (non-hydrogen) atoms. The first-order valence-corrected chi connectivity index (χ1v) is 7.17. The van der Waals surface area contributed by atoms with Crippen LogP contribution in [0, 0.1) is 6.92 Å². The molecule has 110 valence electrons. The van der Waals surface area contributed by atoms with Gasteiger partial charge in [0.2, 0.25) is 0 Å². The highest BCUT2D eigenvalue weighted by atomic mass is 35.5. The number of nitrogen functional groups attached to an aromatic ring is 1. The minimum atomic E-state index is -0.245. The van der Waals surface area contributed by atoms with Crippen molar-refractivity contribution in [2.45, 2.75) is 13.3 Å². The van der Waals surface area contributed by atoms with Gasteiger partial charge in [-0.25, -0.2) is 0 Å². The Morgan fingerprint density at radius 2 is 2.10 bits per heavy atom. The molecule has 1 aromatic carbocycles. The molecule has 0 saturated heterocycles. The number of nitrogens with two attached hydrogens (primary N) is 1.